The molecule has 1 aliphatic rings. The molecule has 4 nitrogen and oxygen atoms in total. The number of hydrogen-bond donors (Lipinski definition) is 1. The lowest BCUT2D eigenvalue weighted by Crippen LogP contribution is -2.62. The summed E-state index contributed by atoms with van der Waals surface area (Å²) in [5, 5.41) is 2.69. The van der Waals surface area contributed by atoms with Crippen molar-refractivity contribution in [1.29, 1.82) is 0 Å². The summed E-state index contributed by atoms with van der Waals surface area (Å²) in [6, 6.07) is -0.629. The van der Waals surface area contributed by atoms with Gasteiger partial charge in [0, 0.05) is 6.54 Å². The highest BCUT2D eigenvalue weighted by atomic mass is 16.2. The Morgan fingerprint density at radius 1 is 1.36 bits per heavy atom. The van der Waals surface area contributed by atoms with Crippen LogP contribution in [-0.2, 0) is 9.59 Å². The lowest BCUT2D eigenvalue weighted by atomic mass is 10.1. The molecule has 0 spiro atoms. The van der Waals surface area contributed by atoms with E-state index in [4.69, 9.17) is 0 Å². The van der Waals surface area contributed by atoms with Gasteiger partial charge >= 0.3 is 0 Å². The van der Waals surface area contributed by atoms with Crippen molar-refractivity contribution in [2.75, 3.05) is 6.54 Å². The second-order valence-electron chi connectivity index (χ2n) is 3.69. The summed E-state index contributed by atoms with van der Waals surface area (Å²) in [7, 11) is 0. The van der Waals surface area contributed by atoms with Crippen molar-refractivity contribution < 1.29 is 9.59 Å². The third kappa shape index (κ3) is 1.89. The molecular weight excluding hydrogens is 180 g/mol. The lowest BCUT2D eigenvalue weighted by molar-refractivity contribution is -0.148. The van der Waals surface area contributed by atoms with Crippen molar-refractivity contribution in [3.8, 4) is 0 Å². The Balaban J connectivity index is 2.81. The van der Waals surface area contributed by atoms with Gasteiger partial charge in [-0.3, -0.25) is 9.59 Å². The SMILES string of the molecule is CCCN1C(=O)C(C)NC(=O)C1CC. The molecular formula is C10H18N2O2. The average Bonchev–Trinajstić information content (AvgIpc) is 2.14. The van der Waals surface area contributed by atoms with Crippen molar-refractivity contribution in [1.82, 2.24) is 10.2 Å². The molecule has 0 bridgehead atoms. The van der Waals surface area contributed by atoms with E-state index in [0.29, 0.717) is 13.0 Å². The minimum Gasteiger partial charge on any atom is -0.343 e. The van der Waals surface area contributed by atoms with E-state index in [9.17, 15) is 9.59 Å². The predicted octanol–water partition coefficient (Wildman–Crippen LogP) is 0.522. The minimum atomic E-state index is -0.364. The van der Waals surface area contributed by atoms with Gasteiger partial charge in [0.25, 0.3) is 0 Å². The first-order valence-electron chi connectivity index (χ1n) is 5.22. The van der Waals surface area contributed by atoms with E-state index in [1.165, 1.54) is 0 Å². The van der Waals surface area contributed by atoms with Crippen LogP contribution in [0.1, 0.15) is 33.6 Å². The maximum absolute atomic E-state index is 11.7. The van der Waals surface area contributed by atoms with Crippen LogP contribution >= 0.6 is 0 Å². The summed E-state index contributed by atoms with van der Waals surface area (Å²) in [5.41, 5.74) is 0. The molecule has 2 unspecified atom stereocenters. The quantitative estimate of drug-likeness (QED) is 0.718. The Hall–Kier alpha value is -1.06. The minimum absolute atomic E-state index is 0.0203. The fourth-order valence-electron chi connectivity index (χ4n) is 1.83. The third-order valence-corrected chi connectivity index (χ3v) is 2.54. The van der Waals surface area contributed by atoms with Gasteiger partial charge in [-0.2, -0.15) is 0 Å². The van der Waals surface area contributed by atoms with Gasteiger partial charge in [0.05, 0.1) is 0 Å². The Morgan fingerprint density at radius 3 is 2.50 bits per heavy atom. The van der Waals surface area contributed by atoms with Crippen LogP contribution in [0.15, 0.2) is 0 Å². The van der Waals surface area contributed by atoms with Crippen LogP contribution in [0.4, 0.5) is 0 Å². The standard InChI is InChI=1S/C10H18N2O2/c1-4-6-12-8(5-2)9(13)11-7(3)10(12)14/h7-8H,4-6H2,1-3H3,(H,11,13). The van der Waals surface area contributed by atoms with Gasteiger partial charge in [0.15, 0.2) is 0 Å². The molecule has 2 atom stereocenters. The highest BCUT2D eigenvalue weighted by Crippen LogP contribution is 2.13. The van der Waals surface area contributed by atoms with E-state index in [-0.39, 0.29) is 23.9 Å². The van der Waals surface area contributed by atoms with Crippen molar-refractivity contribution in [2.24, 2.45) is 0 Å². The van der Waals surface area contributed by atoms with E-state index < -0.39 is 0 Å². The maximum Gasteiger partial charge on any atom is 0.245 e. The summed E-state index contributed by atoms with van der Waals surface area (Å²) in [4.78, 5) is 25.0. The lowest BCUT2D eigenvalue weighted by Gasteiger charge is -2.37. The van der Waals surface area contributed by atoms with Crippen LogP contribution in [0.5, 0.6) is 0 Å². The van der Waals surface area contributed by atoms with Crippen molar-refractivity contribution in [3.63, 3.8) is 0 Å². The zero-order valence-electron chi connectivity index (χ0n) is 9.04. The number of carbonyl (C=O) groups is 2. The summed E-state index contributed by atoms with van der Waals surface area (Å²) in [6.07, 6.45) is 1.58. The Kier molecular flexibility index (Phi) is 3.49. The van der Waals surface area contributed by atoms with Crippen molar-refractivity contribution in [3.05, 3.63) is 0 Å². The van der Waals surface area contributed by atoms with Gasteiger partial charge in [-0.05, 0) is 19.8 Å². The van der Waals surface area contributed by atoms with Gasteiger partial charge in [-0.1, -0.05) is 13.8 Å². The van der Waals surface area contributed by atoms with Gasteiger partial charge in [0.1, 0.15) is 12.1 Å². The predicted molar refractivity (Wildman–Crippen MR) is 53.7 cm³/mol. The number of hydrogen-bond acceptors (Lipinski definition) is 2. The molecule has 80 valence electrons. The molecule has 0 aromatic heterocycles. The van der Waals surface area contributed by atoms with Gasteiger partial charge in [-0.25, -0.2) is 0 Å². The largest absolute Gasteiger partial charge is 0.343 e. The average molecular weight is 198 g/mol. The molecule has 1 fully saturated rings. The van der Waals surface area contributed by atoms with E-state index in [1.807, 2.05) is 13.8 Å². The molecule has 1 heterocycles. The maximum atomic E-state index is 11.7. The van der Waals surface area contributed by atoms with Gasteiger partial charge in [0.2, 0.25) is 11.8 Å². The number of nitrogens with zero attached hydrogens (tertiary/aromatic N) is 1. The molecule has 4 heteroatoms. The molecule has 0 saturated carbocycles. The Morgan fingerprint density at radius 2 is 2.00 bits per heavy atom. The molecule has 1 saturated heterocycles. The Bertz CT molecular complexity index is 240. The molecule has 0 aromatic rings. The van der Waals surface area contributed by atoms with E-state index in [1.54, 1.807) is 11.8 Å². The fraction of sp³-hybridized carbons (Fsp3) is 0.800. The number of carbonyl (C=O) groups excluding carboxylic acids is 2. The highest BCUT2D eigenvalue weighted by Gasteiger charge is 2.36. The summed E-state index contributed by atoms with van der Waals surface area (Å²) < 4.78 is 0. The first-order chi connectivity index (χ1) is 6.61. The van der Waals surface area contributed by atoms with Crippen LogP contribution < -0.4 is 5.32 Å². The molecule has 1 N–H and O–H groups in total. The van der Waals surface area contributed by atoms with Crippen molar-refractivity contribution in [2.45, 2.75) is 45.7 Å². The molecule has 0 aliphatic carbocycles. The van der Waals surface area contributed by atoms with Crippen LogP contribution in [0.2, 0.25) is 0 Å². The number of nitrogens with one attached hydrogen (secondary N) is 1. The Labute approximate surface area is 84.7 Å². The van der Waals surface area contributed by atoms with Gasteiger partial charge in [-0.15, -0.1) is 0 Å². The molecule has 1 aliphatic heterocycles. The second-order valence-corrected chi connectivity index (χ2v) is 3.69. The van der Waals surface area contributed by atoms with Crippen molar-refractivity contribution >= 4 is 11.8 Å². The summed E-state index contributed by atoms with van der Waals surface area (Å²) in [6.45, 7) is 6.34. The van der Waals surface area contributed by atoms with E-state index in [2.05, 4.69) is 5.32 Å². The molecule has 0 radical (unpaired) electrons. The molecule has 2 amide bonds. The van der Waals surface area contributed by atoms with Gasteiger partial charge < -0.3 is 10.2 Å². The normalized spacial score (nSPS) is 27.8. The third-order valence-electron chi connectivity index (χ3n) is 2.54. The first kappa shape index (κ1) is 11.0. The molecule has 0 aromatic carbocycles. The fourth-order valence-corrected chi connectivity index (χ4v) is 1.83. The zero-order chi connectivity index (χ0) is 10.7. The highest BCUT2D eigenvalue weighted by molar-refractivity contribution is 5.96. The molecule has 14 heavy (non-hydrogen) atoms. The number of piperazine rings is 1. The van der Waals surface area contributed by atoms with Crippen LogP contribution in [0.25, 0.3) is 0 Å². The van der Waals surface area contributed by atoms with E-state index >= 15 is 0 Å². The first-order valence-corrected chi connectivity index (χ1v) is 5.22. The molecule has 1 rings (SSSR count). The topological polar surface area (TPSA) is 49.4 Å². The smallest absolute Gasteiger partial charge is 0.245 e. The summed E-state index contributed by atoms with van der Waals surface area (Å²) in [5.74, 6) is 0.0198. The monoisotopic (exact) mass is 198 g/mol. The van der Waals surface area contributed by atoms with E-state index in [0.717, 1.165) is 6.42 Å². The van der Waals surface area contributed by atoms with Crippen LogP contribution in [-0.4, -0.2) is 35.3 Å². The summed E-state index contributed by atoms with van der Waals surface area (Å²) >= 11 is 0. The second kappa shape index (κ2) is 4.44. The van der Waals surface area contributed by atoms with Crippen LogP contribution in [0, 0.1) is 0 Å². The number of rotatable bonds is 3. The zero-order valence-corrected chi connectivity index (χ0v) is 9.04. The number of amides is 2. The van der Waals surface area contributed by atoms with Crippen LogP contribution in [0.3, 0.4) is 0 Å².